The van der Waals surface area contributed by atoms with Gasteiger partial charge < -0.3 is 0 Å². The van der Waals surface area contributed by atoms with Crippen LogP contribution in [-0.2, 0) is 30.1 Å². The summed E-state index contributed by atoms with van der Waals surface area (Å²) in [7, 11) is -10.8. The van der Waals surface area contributed by atoms with Crippen molar-refractivity contribution in [2.45, 2.75) is 35.5 Å². The molecule has 3 N–H and O–H groups in total. The minimum Gasteiger partial charge on any atom is -0.279 e. The molecule has 0 aromatic heterocycles. The lowest BCUT2D eigenvalue weighted by atomic mass is 10.0. The van der Waals surface area contributed by atoms with Gasteiger partial charge in [-0.3, -0.25) is 4.72 Å². The Morgan fingerprint density at radius 3 is 1.39 bits per heavy atom. The molecule has 9 nitrogen and oxygen atoms in total. The Kier molecular flexibility index (Phi) is 13.8. The summed E-state index contributed by atoms with van der Waals surface area (Å²) in [6.07, 6.45) is 0. The fraction of sp³-hybridized carbons (Fsp3) is 0.0667. The monoisotopic (exact) mass is 817 g/mol. The van der Waals surface area contributed by atoms with Crippen LogP contribution in [0.15, 0.2) is 203 Å². The number of rotatable bonds is 9. The van der Waals surface area contributed by atoms with E-state index in [9.17, 15) is 25.3 Å². The number of nitrogens with zero attached hydrogens (tertiary/aromatic N) is 1. The van der Waals surface area contributed by atoms with Gasteiger partial charge in [0.25, 0.3) is 20.0 Å². The van der Waals surface area contributed by atoms with Crippen LogP contribution in [-0.4, -0.2) is 25.3 Å². The van der Waals surface area contributed by atoms with E-state index in [1.807, 2.05) is 104 Å². The van der Waals surface area contributed by atoms with Gasteiger partial charge in [0.15, 0.2) is 0 Å². The highest BCUT2D eigenvalue weighted by atomic mass is 32.2. The van der Waals surface area contributed by atoms with Gasteiger partial charge in [0.05, 0.1) is 31.7 Å². The van der Waals surface area contributed by atoms with Crippen molar-refractivity contribution >= 4 is 47.1 Å². The van der Waals surface area contributed by atoms with Crippen LogP contribution in [0, 0.1) is 20.8 Å². The number of anilines is 3. The molecule has 57 heavy (non-hydrogen) atoms. The largest absolute Gasteiger partial charge is 0.279 e. The maximum Gasteiger partial charge on any atom is 0.268 e. The van der Waals surface area contributed by atoms with E-state index in [0.29, 0.717) is 27.5 Å². The number of primary sulfonamides is 1. The van der Waals surface area contributed by atoms with Crippen LogP contribution in [0.5, 0.6) is 0 Å². The Bertz CT molecular complexity index is 2700. The summed E-state index contributed by atoms with van der Waals surface area (Å²) in [5.41, 5.74) is 6.16. The van der Waals surface area contributed by atoms with Crippen LogP contribution in [0.25, 0.3) is 11.1 Å². The lowest BCUT2D eigenvalue weighted by molar-refractivity contribution is 0.595. The highest BCUT2D eigenvalue weighted by molar-refractivity contribution is 7.93. The summed E-state index contributed by atoms with van der Waals surface area (Å²) >= 11 is 0. The summed E-state index contributed by atoms with van der Waals surface area (Å²) in [6.45, 7) is 5.40. The Morgan fingerprint density at radius 2 is 0.895 bits per heavy atom. The number of sulfonamides is 3. The summed E-state index contributed by atoms with van der Waals surface area (Å²) in [6, 6.07) is 55.8. The standard InChI is InChI=1S/C18H15NO2S.C14H15NO2S.C13H13NO2S/c20-22(21,18-14-8-3-9-15-18)19(16-10-4-1-5-11-16)17-12-6-2-7-13-17;1-11-7-3-5-9-13(11)15-18(16,17)14-10-6-4-8-12(14)2;1-10-9-12(11-5-3-2-4-6-11)7-8-13(10)17(14,15)16/h1-15H;3-10,15H,1-2H3;2-9H,1H3,(H2,14,15,16). The van der Waals surface area contributed by atoms with Crippen molar-refractivity contribution in [1.82, 2.24) is 0 Å². The third-order valence-electron chi connectivity index (χ3n) is 8.62. The normalized spacial score (nSPS) is 11.2. The first-order valence-electron chi connectivity index (χ1n) is 17.7. The van der Waals surface area contributed by atoms with Crippen molar-refractivity contribution in [3.05, 3.63) is 205 Å². The molecular formula is C45H43N3O6S3. The third kappa shape index (κ3) is 11.0. The van der Waals surface area contributed by atoms with Crippen LogP contribution >= 0.6 is 0 Å². The quantitative estimate of drug-likeness (QED) is 0.149. The molecule has 0 bridgehead atoms. The number of hydrogen-bond acceptors (Lipinski definition) is 6. The highest BCUT2D eigenvalue weighted by Gasteiger charge is 2.26. The first kappa shape index (κ1) is 42.1. The minimum absolute atomic E-state index is 0.178. The topological polar surface area (TPSA) is 144 Å². The van der Waals surface area contributed by atoms with Gasteiger partial charge in [-0.15, -0.1) is 0 Å². The molecule has 0 radical (unpaired) electrons. The second kappa shape index (κ2) is 18.7. The van der Waals surface area contributed by atoms with Gasteiger partial charge in [-0.25, -0.2) is 34.7 Å². The van der Waals surface area contributed by atoms with E-state index in [1.54, 1.807) is 105 Å². The first-order valence-corrected chi connectivity index (χ1v) is 22.2. The van der Waals surface area contributed by atoms with Gasteiger partial charge in [0, 0.05) is 0 Å². The number of nitrogens with one attached hydrogen (secondary N) is 1. The summed E-state index contributed by atoms with van der Waals surface area (Å²) in [5.74, 6) is 0. The first-order chi connectivity index (χ1) is 27.2. The molecule has 0 heterocycles. The predicted octanol–water partition coefficient (Wildman–Crippen LogP) is 9.63. The number of hydrogen-bond donors (Lipinski definition) is 2. The molecule has 0 spiro atoms. The molecule has 0 aliphatic carbocycles. The van der Waals surface area contributed by atoms with Crippen LogP contribution < -0.4 is 14.2 Å². The fourth-order valence-electron chi connectivity index (χ4n) is 5.78. The fourth-order valence-corrected chi connectivity index (χ4v) is 9.43. The van der Waals surface area contributed by atoms with E-state index in [2.05, 4.69) is 4.72 Å². The van der Waals surface area contributed by atoms with Crippen LogP contribution in [0.4, 0.5) is 17.1 Å². The van der Waals surface area contributed by atoms with Crippen LogP contribution in [0.3, 0.4) is 0 Å². The molecule has 0 saturated carbocycles. The molecular weight excluding hydrogens is 775 g/mol. The highest BCUT2D eigenvalue weighted by Crippen LogP contribution is 2.32. The molecule has 0 fully saturated rings. The van der Waals surface area contributed by atoms with Crippen molar-refractivity contribution in [3.63, 3.8) is 0 Å². The number of benzene rings is 7. The smallest absolute Gasteiger partial charge is 0.268 e. The lowest BCUT2D eigenvalue weighted by Crippen LogP contribution is -2.26. The molecule has 0 unspecified atom stereocenters. The van der Waals surface area contributed by atoms with Crippen molar-refractivity contribution in [1.29, 1.82) is 0 Å². The molecule has 7 aromatic carbocycles. The number of para-hydroxylation sites is 3. The Morgan fingerprint density at radius 1 is 0.439 bits per heavy atom. The van der Waals surface area contributed by atoms with Gasteiger partial charge in [-0.1, -0.05) is 133 Å². The molecule has 12 heteroatoms. The maximum absolute atomic E-state index is 13.1. The number of nitrogens with two attached hydrogens (primary N) is 1. The van der Waals surface area contributed by atoms with Crippen molar-refractivity contribution < 1.29 is 25.3 Å². The van der Waals surface area contributed by atoms with Gasteiger partial charge in [-0.05, 0) is 103 Å². The van der Waals surface area contributed by atoms with E-state index < -0.39 is 30.1 Å². The van der Waals surface area contributed by atoms with Crippen LogP contribution in [0.2, 0.25) is 0 Å². The maximum atomic E-state index is 13.1. The summed E-state index contributed by atoms with van der Waals surface area (Å²) in [4.78, 5) is 0.758. The molecule has 0 aliphatic heterocycles. The molecule has 0 atom stereocenters. The van der Waals surface area contributed by atoms with Crippen molar-refractivity contribution in [2.24, 2.45) is 5.14 Å². The van der Waals surface area contributed by atoms with E-state index in [1.165, 1.54) is 4.31 Å². The van der Waals surface area contributed by atoms with Gasteiger partial charge in [0.1, 0.15) is 0 Å². The average Bonchev–Trinajstić information content (AvgIpc) is 3.20. The molecule has 0 aliphatic rings. The molecule has 7 rings (SSSR count). The Hall–Kier alpha value is -6.05. The third-order valence-corrected chi connectivity index (χ3v) is 13.0. The van der Waals surface area contributed by atoms with E-state index in [0.717, 1.165) is 22.3 Å². The Labute approximate surface area is 336 Å². The Balaban J connectivity index is 0.000000165. The molecule has 7 aromatic rings. The van der Waals surface area contributed by atoms with Gasteiger partial charge in [-0.2, -0.15) is 0 Å². The van der Waals surface area contributed by atoms with E-state index >= 15 is 0 Å². The molecule has 0 saturated heterocycles. The molecule has 292 valence electrons. The molecule has 0 amide bonds. The second-order valence-corrected chi connectivity index (χ2v) is 17.8. The van der Waals surface area contributed by atoms with Crippen molar-refractivity contribution in [3.8, 4) is 11.1 Å². The zero-order valence-corrected chi connectivity index (χ0v) is 34.0. The summed E-state index contributed by atoms with van der Waals surface area (Å²) < 4.78 is 77.2. The van der Waals surface area contributed by atoms with Crippen LogP contribution in [0.1, 0.15) is 16.7 Å². The zero-order valence-electron chi connectivity index (χ0n) is 31.6. The van der Waals surface area contributed by atoms with Gasteiger partial charge in [0.2, 0.25) is 10.0 Å². The second-order valence-electron chi connectivity index (χ2n) is 12.8. The van der Waals surface area contributed by atoms with Crippen molar-refractivity contribution in [2.75, 3.05) is 9.03 Å². The van der Waals surface area contributed by atoms with E-state index in [-0.39, 0.29) is 9.79 Å². The zero-order chi connectivity index (χ0) is 41.1. The number of aryl methyl sites for hydroxylation is 3. The summed E-state index contributed by atoms with van der Waals surface area (Å²) in [5, 5.41) is 5.12. The SMILES string of the molecule is Cc1cc(-c2ccccc2)ccc1S(N)(=O)=O.Cc1ccccc1NS(=O)(=O)c1ccccc1C.O=S(=O)(c1ccccc1)N(c1ccccc1)c1ccccc1. The minimum atomic E-state index is -3.67. The average molecular weight is 818 g/mol. The predicted molar refractivity (Wildman–Crippen MR) is 230 cm³/mol. The lowest BCUT2D eigenvalue weighted by Gasteiger charge is -2.24. The van der Waals surface area contributed by atoms with Gasteiger partial charge >= 0.3 is 0 Å². The van der Waals surface area contributed by atoms with E-state index in [4.69, 9.17) is 5.14 Å².